The average Bonchev–Trinajstić information content (AvgIpc) is 2.62. The molecule has 1 aromatic rings. The summed E-state index contributed by atoms with van der Waals surface area (Å²) in [7, 11) is -3.67. The SMILES string of the molecule is CCOC(=O)N1CCC(NC(=O)CCNS(=O)(=O)c2ccc(Cl)cc2)CC1. The summed E-state index contributed by atoms with van der Waals surface area (Å²) in [6.07, 6.45) is 0.978. The van der Waals surface area contributed by atoms with Crippen LogP contribution in [0.4, 0.5) is 4.79 Å². The van der Waals surface area contributed by atoms with Gasteiger partial charge in [0.25, 0.3) is 0 Å². The van der Waals surface area contributed by atoms with E-state index in [9.17, 15) is 18.0 Å². The van der Waals surface area contributed by atoms with Crippen LogP contribution in [-0.2, 0) is 19.6 Å². The molecule has 0 saturated carbocycles. The highest BCUT2D eigenvalue weighted by molar-refractivity contribution is 7.89. The number of carbonyl (C=O) groups is 2. The van der Waals surface area contributed by atoms with Gasteiger partial charge in [0.1, 0.15) is 0 Å². The summed E-state index contributed by atoms with van der Waals surface area (Å²) in [5.74, 6) is -0.233. The summed E-state index contributed by atoms with van der Waals surface area (Å²) in [5, 5.41) is 3.32. The molecule has 0 unspecified atom stereocenters. The molecule has 1 aromatic carbocycles. The Balaban J connectivity index is 1.71. The molecular weight excluding hydrogens is 394 g/mol. The van der Waals surface area contributed by atoms with Crippen LogP contribution < -0.4 is 10.0 Å². The van der Waals surface area contributed by atoms with Gasteiger partial charge in [-0.25, -0.2) is 17.9 Å². The van der Waals surface area contributed by atoms with Crippen molar-refractivity contribution in [1.82, 2.24) is 14.9 Å². The van der Waals surface area contributed by atoms with Crippen LogP contribution in [0.15, 0.2) is 29.2 Å². The summed E-state index contributed by atoms with van der Waals surface area (Å²) in [4.78, 5) is 25.4. The maximum absolute atomic E-state index is 12.1. The van der Waals surface area contributed by atoms with Gasteiger partial charge in [-0.1, -0.05) is 11.6 Å². The molecule has 1 aliphatic heterocycles. The molecule has 0 atom stereocenters. The molecule has 2 rings (SSSR count). The number of benzene rings is 1. The van der Waals surface area contributed by atoms with Crippen molar-refractivity contribution in [2.45, 2.75) is 37.1 Å². The third-order valence-electron chi connectivity index (χ3n) is 4.15. The largest absolute Gasteiger partial charge is 0.450 e. The molecule has 0 spiro atoms. The Kier molecular flexibility index (Phi) is 7.88. The van der Waals surface area contributed by atoms with E-state index in [2.05, 4.69) is 10.0 Å². The first-order valence-electron chi connectivity index (χ1n) is 8.78. The first kappa shape index (κ1) is 21.5. The minimum atomic E-state index is -3.67. The topological polar surface area (TPSA) is 105 Å². The summed E-state index contributed by atoms with van der Waals surface area (Å²) >= 11 is 5.75. The van der Waals surface area contributed by atoms with Crippen LogP contribution in [0, 0.1) is 0 Å². The zero-order valence-corrected chi connectivity index (χ0v) is 16.7. The van der Waals surface area contributed by atoms with Gasteiger partial charge in [-0.2, -0.15) is 0 Å². The quantitative estimate of drug-likeness (QED) is 0.703. The molecule has 1 fully saturated rings. The number of nitrogens with one attached hydrogen (secondary N) is 2. The number of sulfonamides is 1. The van der Waals surface area contributed by atoms with E-state index < -0.39 is 10.0 Å². The van der Waals surface area contributed by atoms with E-state index >= 15 is 0 Å². The molecule has 1 heterocycles. The lowest BCUT2D eigenvalue weighted by Crippen LogP contribution is -2.47. The van der Waals surface area contributed by atoms with Crippen LogP contribution in [0.25, 0.3) is 0 Å². The summed E-state index contributed by atoms with van der Waals surface area (Å²) in [5.41, 5.74) is 0. The first-order valence-corrected chi connectivity index (χ1v) is 10.6. The van der Waals surface area contributed by atoms with E-state index in [1.165, 1.54) is 24.3 Å². The monoisotopic (exact) mass is 417 g/mol. The number of nitrogens with zero attached hydrogens (tertiary/aromatic N) is 1. The molecule has 0 aliphatic carbocycles. The zero-order chi connectivity index (χ0) is 19.9. The molecule has 2 amide bonds. The zero-order valence-electron chi connectivity index (χ0n) is 15.1. The standard InChI is InChI=1S/C17H24ClN3O5S/c1-2-26-17(23)21-11-8-14(9-12-21)20-16(22)7-10-19-27(24,25)15-5-3-13(18)4-6-15/h3-6,14,19H,2,7-12H2,1H3,(H,20,22). The molecule has 0 radical (unpaired) electrons. The number of piperidine rings is 1. The molecule has 2 N–H and O–H groups in total. The first-order chi connectivity index (χ1) is 12.8. The van der Waals surface area contributed by atoms with Gasteiger partial charge in [0, 0.05) is 37.1 Å². The molecular formula is C17H24ClN3O5S. The Morgan fingerprint density at radius 2 is 1.85 bits per heavy atom. The fraction of sp³-hybridized carbons (Fsp3) is 0.529. The van der Waals surface area contributed by atoms with E-state index in [1.54, 1.807) is 11.8 Å². The van der Waals surface area contributed by atoms with Crippen molar-refractivity contribution in [1.29, 1.82) is 0 Å². The van der Waals surface area contributed by atoms with Gasteiger partial charge in [0.2, 0.25) is 15.9 Å². The second kappa shape index (κ2) is 9.91. The number of hydrogen-bond donors (Lipinski definition) is 2. The molecule has 0 aromatic heterocycles. The van der Waals surface area contributed by atoms with Crippen molar-refractivity contribution in [3.05, 3.63) is 29.3 Å². The number of rotatable bonds is 7. The summed E-state index contributed by atoms with van der Waals surface area (Å²) in [6, 6.07) is 5.76. The van der Waals surface area contributed by atoms with Crippen LogP contribution in [0.1, 0.15) is 26.2 Å². The van der Waals surface area contributed by atoms with E-state index in [0.29, 0.717) is 37.6 Å². The molecule has 27 heavy (non-hydrogen) atoms. The lowest BCUT2D eigenvalue weighted by Gasteiger charge is -2.31. The number of halogens is 1. The van der Waals surface area contributed by atoms with Gasteiger partial charge in [-0.15, -0.1) is 0 Å². The Hall–Kier alpha value is -1.84. The van der Waals surface area contributed by atoms with Gasteiger partial charge in [-0.3, -0.25) is 4.79 Å². The number of likely N-dealkylation sites (tertiary alicyclic amines) is 1. The second-order valence-electron chi connectivity index (χ2n) is 6.13. The Bertz CT molecular complexity index is 746. The van der Waals surface area contributed by atoms with Gasteiger partial charge < -0.3 is 15.0 Å². The van der Waals surface area contributed by atoms with Crippen molar-refractivity contribution in [3.8, 4) is 0 Å². The highest BCUT2D eigenvalue weighted by atomic mass is 35.5. The third-order valence-corrected chi connectivity index (χ3v) is 5.88. The molecule has 1 aliphatic rings. The number of ether oxygens (including phenoxy) is 1. The summed E-state index contributed by atoms with van der Waals surface area (Å²) in [6.45, 7) is 3.13. The van der Waals surface area contributed by atoms with E-state index in [0.717, 1.165) is 0 Å². The van der Waals surface area contributed by atoms with Crippen LogP contribution in [0.2, 0.25) is 5.02 Å². The lowest BCUT2D eigenvalue weighted by atomic mass is 10.1. The number of hydrogen-bond acceptors (Lipinski definition) is 5. The maximum atomic E-state index is 12.1. The lowest BCUT2D eigenvalue weighted by molar-refractivity contribution is -0.121. The maximum Gasteiger partial charge on any atom is 0.409 e. The van der Waals surface area contributed by atoms with Crippen molar-refractivity contribution in [3.63, 3.8) is 0 Å². The van der Waals surface area contributed by atoms with Crippen molar-refractivity contribution in [2.24, 2.45) is 0 Å². The van der Waals surface area contributed by atoms with Crippen LogP contribution in [0.3, 0.4) is 0 Å². The van der Waals surface area contributed by atoms with Gasteiger partial charge >= 0.3 is 6.09 Å². The van der Waals surface area contributed by atoms with Crippen LogP contribution in [-0.4, -0.2) is 57.6 Å². The molecule has 10 heteroatoms. The summed E-state index contributed by atoms with van der Waals surface area (Å²) < 4.78 is 31.6. The van der Waals surface area contributed by atoms with Gasteiger partial charge in [0.05, 0.1) is 11.5 Å². The van der Waals surface area contributed by atoms with Crippen LogP contribution in [0.5, 0.6) is 0 Å². The highest BCUT2D eigenvalue weighted by Gasteiger charge is 2.24. The van der Waals surface area contributed by atoms with E-state index in [1.807, 2.05) is 0 Å². The molecule has 1 saturated heterocycles. The minimum Gasteiger partial charge on any atom is -0.450 e. The fourth-order valence-electron chi connectivity index (χ4n) is 2.72. The Morgan fingerprint density at radius 3 is 2.44 bits per heavy atom. The Labute approximate surface area is 164 Å². The van der Waals surface area contributed by atoms with Crippen LogP contribution >= 0.6 is 11.6 Å². The third kappa shape index (κ3) is 6.67. The van der Waals surface area contributed by atoms with Crippen molar-refractivity contribution < 1.29 is 22.7 Å². The van der Waals surface area contributed by atoms with Crippen molar-refractivity contribution >= 4 is 33.6 Å². The number of amides is 2. The molecule has 150 valence electrons. The molecule has 8 nitrogen and oxygen atoms in total. The van der Waals surface area contributed by atoms with Crippen molar-refractivity contribution in [2.75, 3.05) is 26.2 Å². The second-order valence-corrected chi connectivity index (χ2v) is 8.33. The normalized spacial score (nSPS) is 15.4. The molecule has 0 bridgehead atoms. The predicted octanol–water partition coefficient (Wildman–Crippen LogP) is 1.75. The highest BCUT2D eigenvalue weighted by Crippen LogP contribution is 2.14. The minimum absolute atomic E-state index is 0.00152. The number of carbonyl (C=O) groups excluding carboxylic acids is 2. The smallest absolute Gasteiger partial charge is 0.409 e. The predicted molar refractivity (Wildman–Crippen MR) is 101 cm³/mol. The van der Waals surface area contributed by atoms with Gasteiger partial charge in [-0.05, 0) is 44.0 Å². The van der Waals surface area contributed by atoms with E-state index in [-0.39, 0.29) is 35.9 Å². The van der Waals surface area contributed by atoms with Gasteiger partial charge in [0.15, 0.2) is 0 Å². The average molecular weight is 418 g/mol. The van der Waals surface area contributed by atoms with E-state index in [4.69, 9.17) is 16.3 Å². The Morgan fingerprint density at radius 1 is 1.22 bits per heavy atom. The fourth-order valence-corrected chi connectivity index (χ4v) is 3.87.